The molecule has 0 fully saturated rings. The van der Waals surface area contributed by atoms with Gasteiger partial charge in [0.05, 0.1) is 6.54 Å². The first-order valence-electron chi connectivity index (χ1n) is 4.76. The second kappa shape index (κ2) is 4.45. The van der Waals surface area contributed by atoms with Gasteiger partial charge >= 0.3 is 0 Å². The van der Waals surface area contributed by atoms with Gasteiger partial charge in [-0.15, -0.1) is 0 Å². The molecule has 1 rings (SSSR count). The Hall–Kier alpha value is -0.670. The number of hydrogen-bond acceptors (Lipinski definition) is 1. The molecule has 1 aromatic carbocycles. The lowest BCUT2D eigenvalue weighted by atomic mass is 9.99. The molecule has 0 aromatic heterocycles. The van der Waals surface area contributed by atoms with Crippen LogP contribution in [0.4, 0.5) is 8.78 Å². The van der Waals surface area contributed by atoms with Crippen molar-refractivity contribution in [1.82, 2.24) is 0 Å². The molecular weight excluding hydrogens is 220 g/mol. The molecule has 0 heterocycles. The van der Waals surface area contributed by atoms with Crippen molar-refractivity contribution in [2.75, 3.05) is 6.54 Å². The van der Waals surface area contributed by atoms with Crippen molar-refractivity contribution in [3.63, 3.8) is 0 Å². The van der Waals surface area contributed by atoms with E-state index in [0.717, 1.165) is 5.56 Å². The third-order valence-corrected chi connectivity index (χ3v) is 2.63. The van der Waals surface area contributed by atoms with Crippen molar-refractivity contribution < 1.29 is 8.78 Å². The summed E-state index contributed by atoms with van der Waals surface area (Å²) >= 11 is 5.91. The van der Waals surface area contributed by atoms with Gasteiger partial charge in [-0.3, -0.25) is 0 Å². The van der Waals surface area contributed by atoms with Crippen molar-refractivity contribution in [2.24, 2.45) is 5.73 Å². The van der Waals surface area contributed by atoms with Gasteiger partial charge in [-0.25, -0.2) is 0 Å². The van der Waals surface area contributed by atoms with Crippen LogP contribution in [-0.4, -0.2) is 6.54 Å². The predicted octanol–water partition coefficient (Wildman–Crippen LogP) is 3.51. The normalized spacial score (nSPS) is 12.2. The van der Waals surface area contributed by atoms with Crippen LogP contribution in [0.5, 0.6) is 0 Å². The molecule has 0 bridgehead atoms. The summed E-state index contributed by atoms with van der Waals surface area (Å²) in [5.74, 6) is -2.78. The van der Waals surface area contributed by atoms with Crippen molar-refractivity contribution in [1.29, 1.82) is 0 Å². The highest BCUT2D eigenvalue weighted by atomic mass is 35.5. The first kappa shape index (κ1) is 12.4. The minimum Gasteiger partial charge on any atom is -0.325 e. The lowest BCUT2D eigenvalue weighted by Gasteiger charge is -2.16. The molecule has 2 N–H and O–H groups in total. The highest BCUT2D eigenvalue weighted by molar-refractivity contribution is 6.31. The van der Waals surface area contributed by atoms with Gasteiger partial charge < -0.3 is 5.73 Å². The number of halogens is 3. The molecule has 0 saturated heterocycles. The Morgan fingerprint density at radius 2 is 2.00 bits per heavy atom. The minimum atomic E-state index is -3.00. The molecule has 0 aliphatic carbocycles. The lowest BCUT2D eigenvalue weighted by Crippen LogP contribution is -2.25. The number of hydrogen-bond donors (Lipinski definition) is 1. The second-order valence-corrected chi connectivity index (χ2v) is 4.21. The molecule has 0 saturated carbocycles. The van der Waals surface area contributed by atoms with Gasteiger partial charge in [-0.1, -0.05) is 37.6 Å². The fourth-order valence-corrected chi connectivity index (χ4v) is 1.74. The van der Waals surface area contributed by atoms with Gasteiger partial charge in [0.1, 0.15) is 0 Å². The maximum absolute atomic E-state index is 13.2. The van der Waals surface area contributed by atoms with E-state index in [2.05, 4.69) is 0 Å². The van der Waals surface area contributed by atoms with E-state index in [-0.39, 0.29) is 11.5 Å². The average molecular weight is 234 g/mol. The van der Waals surface area contributed by atoms with Gasteiger partial charge in [0, 0.05) is 10.6 Å². The van der Waals surface area contributed by atoms with Crippen LogP contribution < -0.4 is 5.73 Å². The quantitative estimate of drug-likeness (QED) is 0.850. The third kappa shape index (κ3) is 2.67. The van der Waals surface area contributed by atoms with E-state index in [4.69, 9.17) is 17.3 Å². The average Bonchev–Trinajstić information content (AvgIpc) is 2.17. The highest BCUT2D eigenvalue weighted by Crippen LogP contribution is 2.32. The van der Waals surface area contributed by atoms with Crippen LogP contribution in [0.3, 0.4) is 0 Å². The molecule has 1 nitrogen and oxygen atoms in total. The van der Waals surface area contributed by atoms with E-state index in [0.29, 0.717) is 5.02 Å². The molecule has 0 atom stereocenters. The maximum atomic E-state index is 13.2. The Labute approximate surface area is 93.2 Å². The van der Waals surface area contributed by atoms with Crippen LogP contribution in [0, 0.1) is 0 Å². The predicted molar refractivity (Wildman–Crippen MR) is 58.5 cm³/mol. The fourth-order valence-electron chi connectivity index (χ4n) is 1.34. The third-order valence-electron chi connectivity index (χ3n) is 2.30. The van der Waals surface area contributed by atoms with E-state index in [1.807, 2.05) is 13.8 Å². The summed E-state index contributed by atoms with van der Waals surface area (Å²) in [7, 11) is 0. The zero-order valence-corrected chi connectivity index (χ0v) is 9.48. The zero-order chi connectivity index (χ0) is 11.6. The van der Waals surface area contributed by atoms with Gasteiger partial charge in [0.2, 0.25) is 0 Å². The Bertz CT molecular complexity index is 350. The Balaban J connectivity index is 3.12. The largest absolute Gasteiger partial charge is 0.325 e. The van der Waals surface area contributed by atoms with Crippen molar-refractivity contribution in [3.8, 4) is 0 Å². The Morgan fingerprint density at radius 3 is 2.40 bits per heavy atom. The van der Waals surface area contributed by atoms with Gasteiger partial charge in [-0.05, 0) is 17.5 Å². The SMILES string of the molecule is CC(C)c1ccc(C(F)(F)CN)cc1Cl. The standard InChI is InChI=1S/C11H14ClF2N/c1-7(2)9-4-3-8(5-10(9)12)11(13,14)6-15/h3-5,7H,6,15H2,1-2H3. The molecule has 0 radical (unpaired) electrons. The second-order valence-electron chi connectivity index (χ2n) is 3.80. The molecule has 0 amide bonds. The van der Waals surface area contributed by atoms with Gasteiger partial charge in [0.15, 0.2) is 0 Å². The fraction of sp³-hybridized carbons (Fsp3) is 0.455. The van der Waals surface area contributed by atoms with Crippen molar-refractivity contribution >= 4 is 11.6 Å². The summed E-state index contributed by atoms with van der Waals surface area (Å²) in [5, 5.41) is 0.371. The maximum Gasteiger partial charge on any atom is 0.285 e. The summed E-state index contributed by atoms with van der Waals surface area (Å²) in [6.07, 6.45) is 0. The van der Waals surface area contributed by atoms with Crippen molar-refractivity contribution in [3.05, 3.63) is 34.3 Å². The van der Waals surface area contributed by atoms with Crippen LogP contribution in [0.15, 0.2) is 18.2 Å². The molecule has 0 aliphatic rings. The molecule has 4 heteroatoms. The van der Waals surface area contributed by atoms with Crippen LogP contribution in [0.2, 0.25) is 5.02 Å². The molecular formula is C11H14ClF2N. The molecule has 1 aromatic rings. The smallest absolute Gasteiger partial charge is 0.285 e. The summed E-state index contributed by atoms with van der Waals surface area (Å²) in [5.41, 5.74) is 5.74. The summed E-state index contributed by atoms with van der Waals surface area (Å²) in [4.78, 5) is 0. The summed E-state index contributed by atoms with van der Waals surface area (Å²) < 4.78 is 26.4. The van der Waals surface area contributed by atoms with Crippen LogP contribution >= 0.6 is 11.6 Å². The molecule has 84 valence electrons. The first-order valence-corrected chi connectivity index (χ1v) is 5.14. The monoisotopic (exact) mass is 233 g/mol. The zero-order valence-electron chi connectivity index (χ0n) is 8.73. The van der Waals surface area contributed by atoms with E-state index in [9.17, 15) is 8.78 Å². The summed E-state index contributed by atoms with van der Waals surface area (Å²) in [6.45, 7) is 3.22. The van der Waals surface area contributed by atoms with E-state index in [1.165, 1.54) is 12.1 Å². The number of rotatable bonds is 3. The van der Waals surface area contributed by atoms with Crippen LogP contribution in [-0.2, 0) is 5.92 Å². The number of alkyl halides is 2. The van der Waals surface area contributed by atoms with Gasteiger partial charge in [-0.2, -0.15) is 8.78 Å². The molecule has 0 spiro atoms. The Kier molecular flexibility index (Phi) is 3.68. The van der Waals surface area contributed by atoms with E-state index < -0.39 is 12.5 Å². The molecule has 15 heavy (non-hydrogen) atoms. The van der Waals surface area contributed by atoms with E-state index in [1.54, 1.807) is 6.07 Å². The van der Waals surface area contributed by atoms with Crippen LogP contribution in [0.25, 0.3) is 0 Å². The van der Waals surface area contributed by atoms with Crippen LogP contribution in [0.1, 0.15) is 30.9 Å². The lowest BCUT2D eigenvalue weighted by molar-refractivity contribution is 0.00594. The highest BCUT2D eigenvalue weighted by Gasteiger charge is 2.29. The number of nitrogens with two attached hydrogens (primary N) is 1. The topological polar surface area (TPSA) is 26.0 Å². The molecule has 0 unspecified atom stereocenters. The number of benzene rings is 1. The minimum absolute atomic E-state index is 0.126. The first-order chi connectivity index (χ1) is 6.88. The summed E-state index contributed by atoms with van der Waals surface area (Å²) in [6, 6.07) is 4.31. The van der Waals surface area contributed by atoms with Gasteiger partial charge in [0.25, 0.3) is 5.92 Å². The van der Waals surface area contributed by atoms with Crippen molar-refractivity contribution in [2.45, 2.75) is 25.7 Å². The molecule has 0 aliphatic heterocycles. The Morgan fingerprint density at radius 1 is 1.40 bits per heavy atom. The van der Waals surface area contributed by atoms with E-state index >= 15 is 0 Å².